The van der Waals surface area contributed by atoms with Gasteiger partial charge in [-0.15, -0.1) is 0 Å². The van der Waals surface area contributed by atoms with Crippen molar-refractivity contribution < 1.29 is 14.1 Å². The maximum absolute atomic E-state index is 12.3. The molecule has 2 amide bonds. The Hall–Kier alpha value is -3.15. The molecule has 0 fully saturated rings. The molecule has 0 bridgehead atoms. The third kappa shape index (κ3) is 3.85. The Morgan fingerprint density at radius 1 is 1.04 bits per heavy atom. The van der Waals surface area contributed by atoms with E-state index in [9.17, 15) is 9.59 Å². The van der Waals surface area contributed by atoms with Crippen LogP contribution in [0.1, 0.15) is 23.7 Å². The van der Waals surface area contributed by atoms with Crippen LogP contribution in [0.4, 0.5) is 11.4 Å². The number of aromatic nitrogens is 1. The lowest BCUT2D eigenvalue weighted by Gasteiger charge is -2.07. The molecule has 0 aliphatic heterocycles. The van der Waals surface area contributed by atoms with E-state index in [4.69, 9.17) is 4.52 Å². The van der Waals surface area contributed by atoms with E-state index in [0.717, 1.165) is 16.5 Å². The van der Waals surface area contributed by atoms with Crippen LogP contribution in [0, 0.1) is 13.8 Å². The van der Waals surface area contributed by atoms with Gasteiger partial charge in [-0.3, -0.25) is 9.59 Å². The largest absolute Gasteiger partial charge is 0.356 e. The molecule has 25 heavy (non-hydrogen) atoms. The van der Waals surface area contributed by atoms with Gasteiger partial charge in [0.15, 0.2) is 5.58 Å². The number of fused-ring (bicyclic) bond motifs is 1. The standard InChI is InChI=1S/C19H19N3O3/c1-11-7-16-17(22-25-18(16)8-12(11)2)10-19(24)21-15-6-4-5-14(9-15)20-13(3)23/h4-9H,10H2,1-3H3,(H,20,23)(H,21,24). The van der Waals surface area contributed by atoms with Gasteiger partial charge in [0, 0.05) is 23.7 Å². The highest BCUT2D eigenvalue weighted by Gasteiger charge is 2.14. The number of nitrogens with one attached hydrogen (secondary N) is 2. The van der Waals surface area contributed by atoms with Crippen LogP contribution < -0.4 is 10.6 Å². The van der Waals surface area contributed by atoms with E-state index in [0.29, 0.717) is 22.7 Å². The number of carbonyl (C=O) groups excluding carboxylic acids is 2. The van der Waals surface area contributed by atoms with E-state index in [1.165, 1.54) is 6.92 Å². The number of nitrogens with zero attached hydrogens (tertiary/aromatic N) is 1. The molecule has 128 valence electrons. The van der Waals surface area contributed by atoms with E-state index < -0.39 is 0 Å². The van der Waals surface area contributed by atoms with Gasteiger partial charge in [-0.05, 0) is 55.3 Å². The summed E-state index contributed by atoms with van der Waals surface area (Å²) in [6.07, 6.45) is 0.111. The molecule has 0 unspecified atom stereocenters. The first kappa shape index (κ1) is 16.7. The first-order valence-corrected chi connectivity index (χ1v) is 7.95. The summed E-state index contributed by atoms with van der Waals surface area (Å²) in [6, 6.07) is 10.9. The average Bonchev–Trinajstić information content (AvgIpc) is 2.89. The Bertz CT molecular complexity index is 960. The van der Waals surface area contributed by atoms with Crippen LogP contribution in [0.3, 0.4) is 0 Å². The molecular formula is C19H19N3O3. The Morgan fingerprint density at radius 2 is 1.72 bits per heavy atom. The third-order valence-electron chi connectivity index (χ3n) is 3.96. The zero-order valence-electron chi connectivity index (χ0n) is 14.3. The predicted octanol–water partition coefficient (Wildman–Crippen LogP) is 3.58. The molecule has 3 aromatic rings. The monoisotopic (exact) mass is 337 g/mol. The summed E-state index contributed by atoms with van der Waals surface area (Å²) in [4.78, 5) is 23.4. The lowest BCUT2D eigenvalue weighted by atomic mass is 10.1. The number of hydrogen-bond donors (Lipinski definition) is 2. The zero-order chi connectivity index (χ0) is 18.0. The molecule has 1 heterocycles. The van der Waals surface area contributed by atoms with Crippen molar-refractivity contribution >= 4 is 34.2 Å². The summed E-state index contributed by atoms with van der Waals surface area (Å²) in [5.41, 5.74) is 4.77. The van der Waals surface area contributed by atoms with E-state index in [-0.39, 0.29) is 18.2 Å². The van der Waals surface area contributed by atoms with Gasteiger partial charge in [0.2, 0.25) is 11.8 Å². The molecule has 1 aromatic heterocycles. The summed E-state index contributed by atoms with van der Waals surface area (Å²) in [5.74, 6) is -0.364. The molecule has 0 aliphatic rings. The van der Waals surface area contributed by atoms with Crippen molar-refractivity contribution in [2.45, 2.75) is 27.2 Å². The summed E-state index contributed by atoms with van der Waals surface area (Å²) < 4.78 is 5.32. The fraction of sp³-hybridized carbons (Fsp3) is 0.211. The molecule has 3 rings (SSSR count). The Labute approximate surface area is 145 Å². The first-order chi connectivity index (χ1) is 11.9. The minimum atomic E-state index is -0.201. The SMILES string of the molecule is CC(=O)Nc1cccc(NC(=O)Cc2noc3cc(C)c(C)cc23)c1. The molecule has 2 aromatic carbocycles. The topological polar surface area (TPSA) is 84.2 Å². The van der Waals surface area contributed by atoms with Gasteiger partial charge in [-0.1, -0.05) is 11.2 Å². The number of benzene rings is 2. The first-order valence-electron chi connectivity index (χ1n) is 7.95. The van der Waals surface area contributed by atoms with E-state index in [1.54, 1.807) is 24.3 Å². The number of aryl methyl sites for hydroxylation is 2. The quantitative estimate of drug-likeness (QED) is 0.762. The van der Waals surface area contributed by atoms with Crippen molar-refractivity contribution in [1.29, 1.82) is 0 Å². The van der Waals surface area contributed by atoms with Gasteiger partial charge in [0.05, 0.1) is 6.42 Å². The summed E-state index contributed by atoms with van der Waals surface area (Å²) >= 11 is 0. The Balaban J connectivity index is 1.75. The zero-order valence-corrected chi connectivity index (χ0v) is 14.3. The van der Waals surface area contributed by atoms with Crippen molar-refractivity contribution in [3.05, 3.63) is 53.2 Å². The summed E-state index contributed by atoms with van der Waals surface area (Å²) in [7, 11) is 0. The van der Waals surface area contributed by atoms with Crippen molar-refractivity contribution in [2.24, 2.45) is 0 Å². The highest BCUT2D eigenvalue weighted by molar-refractivity contribution is 5.96. The Kier molecular flexibility index (Phi) is 4.52. The van der Waals surface area contributed by atoms with Gasteiger partial charge in [0.25, 0.3) is 0 Å². The number of anilines is 2. The van der Waals surface area contributed by atoms with Crippen LogP contribution in [0.15, 0.2) is 40.9 Å². The molecule has 6 nitrogen and oxygen atoms in total. The maximum Gasteiger partial charge on any atom is 0.230 e. The van der Waals surface area contributed by atoms with Gasteiger partial charge >= 0.3 is 0 Å². The van der Waals surface area contributed by atoms with Crippen LogP contribution in [-0.4, -0.2) is 17.0 Å². The molecule has 6 heteroatoms. The second-order valence-corrected chi connectivity index (χ2v) is 6.05. The van der Waals surface area contributed by atoms with E-state index in [2.05, 4.69) is 15.8 Å². The Morgan fingerprint density at radius 3 is 2.44 bits per heavy atom. The molecule has 2 N–H and O–H groups in total. The average molecular weight is 337 g/mol. The minimum absolute atomic E-state index is 0.111. The van der Waals surface area contributed by atoms with Crippen LogP contribution >= 0.6 is 0 Å². The van der Waals surface area contributed by atoms with Crippen LogP contribution in [0.2, 0.25) is 0 Å². The minimum Gasteiger partial charge on any atom is -0.356 e. The lowest BCUT2D eigenvalue weighted by Crippen LogP contribution is -2.15. The van der Waals surface area contributed by atoms with E-state index in [1.807, 2.05) is 26.0 Å². The normalized spacial score (nSPS) is 10.7. The van der Waals surface area contributed by atoms with Crippen LogP contribution in [-0.2, 0) is 16.0 Å². The number of hydrogen-bond acceptors (Lipinski definition) is 4. The predicted molar refractivity (Wildman–Crippen MR) is 96.6 cm³/mol. The highest BCUT2D eigenvalue weighted by atomic mass is 16.5. The maximum atomic E-state index is 12.3. The lowest BCUT2D eigenvalue weighted by molar-refractivity contribution is -0.116. The van der Waals surface area contributed by atoms with Crippen molar-refractivity contribution in [1.82, 2.24) is 5.16 Å². The van der Waals surface area contributed by atoms with Gasteiger partial charge in [-0.25, -0.2) is 0 Å². The van der Waals surface area contributed by atoms with Crippen molar-refractivity contribution in [3.63, 3.8) is 0 Å². The van der Waals surface area contributed by atoms with Crippen LogP contribution in [0.25, 0.3) is 11.0 Å². The van der Waals surface area contributed by atoms with E-state index >= 15 is 0 Å². The molecule has 0 atom stereocenters. The van der Waals surface area contributed by atoms with Gasteiger partial charge in [-0.2, -0.15) is 0 Å². The van der Waals surface area contributed by atoms with Crippen molar-refractivity contribution in [2.75, 3.05) is 10.6 Å². The summed E-state index contributed by atoms with van der Waals surface area (Å²) in [5, 5.41) is 10.4. The molecule has 0 saturated heterocycles. The molecule has 0 saturated carbocycles. The second kappa shape index (κ2) is 6.76. The second-order valence-electron chi connectivity index (χ2n) is 6.05. The fourth-order valence-corrected chi connectivity index (χ4v) is 2.61. The number of rotatable bonds is 4. The molecular weight excluding hydrogens is 318 g/mol. The summed E-state index contributed by atoms with van der Waals surface area (Å²) in [6.45, 7) is 5.45. The van der Waals surface area contributed by atoms with Gasteiger partial charge < -0.3 is 15.2 Å². The molecule has 0 radical (unpaired) electrons. The number of carbonyl (C=O) groups is 2. The number of amides is 2. The van der Waals surface area contributed by atoms with Crippen molar-refractivity contribution in [3.8, 4) is 0 Å². The van der Waals surface area contributed by atoms with Crippen LogP contribution in [0.5, 0.6) is 0 Å². The highest BCUT2D eigenvalue weighted by Crippen LogP contribution is 2.23. The smallest absolute Gasteiger partial charge is 0.230 e. The fourth-order valence-electron chi connectivity index (χ4n) is 2.61. The third-order valence-corrected chi connectivity index (χ3v) is 3.96. The van der Waals surface area contributed by atoms with Gasteiger partial charge in [0.1, 0.15) is 5.69 Å². The molecule has 0 spiro atoms. The molecule has 0 aliphatic carbocycles.